The van der Waals surface area contributed by atoms with E-state index in [2.05, 4.69) is 10.3 Å². The summed E-state index contributed by atoms with van der Waals surface area (Å²) in [5, 5.41) is 4.70. The number of fused-ring (bicyclic) bond motifs is 1. The fourth-order valence-corrected chi connectivity index (χ4v) is 2.86. The van der Waals surface area contributed by atoms with Crippen LogP contribution >= 0.6 is 11.6 Å². The third kappa shape index (κ3) is 3.00. The highest BCUT2D eigenvalue weighted by Crippen LogP contribution is 2.29. The number of amides is 1. The molecular formula is C16H18ClN3O2. The lowest BCUT2D eigenvalue weighted by Gasteiger charge is -2.23. The van der Waals surface area contributed by atoms with E-state index in [-0.39, 0.29) is 18.6 Å². The number of benzene rings is 1. The maximum Gasteiger partial charge on any atom is 0.260 e. The molecule has 2 aromatic rings. The Bertz CT molecular complexity index is 686. The zero-order valence-corrected chi connectivity index (χ0v) is 13.1. The van der Waals surface area contributed by atoms with Crippen molar-refractivity contribution in [3.63, 3.8) is 0 Å². The molecule has 6 heteroatoms. The molecule has 0 spiro atoms. The van der Waals surface area contributed by atoms with Gasteiger partial charge in [-0.2, -0.15) is 0 Å². The molecule has 1 N–H and O–H groups in total. The minimum Gasteiger partial charge on any atom is -0.481 e. The molecule has 0 aliphatic carbocycles. The van der Waals surface area contributed by atoms with Gasteiger partial charge in [-0.25, -0.2) is 0 Å². The normalized spacial score (nSPS) is 17.6. The second-order valence-corrected chi connectivity index (χ2v) is 5.79. The minimum atomic E-state index is -0.0345. The summed E-state index contributed by atoms with van der Waals surface area (Å²) in [6, 6.07) is 7.47. The van der Waals surface area contributed by atoms with E-state index in [1.54, 1.807) is 23.2 Å². The molecule has 1 aromatic carbocycles. The Balaban J connectivity index is 1.71. The lowest BCUT2D eigenvalue weighted by molar-refractivity contribution is -0.133. The van der Waals surface area contributed by atoms with E-state index in [1.807, 2.05) is 19.2 Å². The highest BCUT2D eigenvalue weighted by Gasteiger charge is 2.23. The number of aromatic nitrogens is 1. The molecule has 1 atom stereocenters. The number of nitrogens with one attached hydrogen (secondary N) is 1. The molecule has 1 amide bonds. The summed E-state index contributed by atoms with van der Waals surface area (Å²) in [5.41, 5.74) is 0.674. The second-order valence-electron chi connectivity index (χ2n) is 5.39. The maximum absolute atomic E-state index is 12.2. The van der Waals surface area contributed by atoms with Crippen molar-refractivity contribution in [1.82, 2.24) is 15.2 Å². The first-order valence-corrected chi connectivity index (χ1v) is 7.67. The van der Waals surface area contributed by atoms with Gasteiger partial charge in [0.15, 0.2) is 6.61 Å². The van der Waals surface area contributed by atoms with Gasteiger partial charge in [-0.15, -0.1) is 0 Å². The summed E-state index contributed by atoms with van der Waals surface area (Å²) in [6.07, 6.45) is 2.66. The Morgan fingerprint density at radius 1 is 1.50 bits per heavy atom. The van der Waals surface area contributed by atoms with E-state index in [0.29, 0.717) is 16.3 Å². The van der Waals surface area contributed by atoms with Gasteiger partial charge < -0.3 is 15.0 Å². The van der Waals surface area contributed by atoms with Crippen LogP contribution in [0.1, 0.15) is 6.42 Å². The molecule has 116 valence electrons. The Hall–Kier alpha value is -1.85. The zero-order valence-electron chi connectivity index (χ0n) is 12.4. The molecule has 1 unspecified atom stereocenters. The predicted octanol–water partition coefficient (Wildman–Crippen LogP) is 2.09. The number of ether oxygens (including phenoxy) is 1. The number of carbonyl (C=O) groups excluding carboxylic acids is 1. The Labute approximate surface area is 134 Å². The zero-order chi connectivity index (χ0) is 15.5. The molecule has 1 aliphatic heterocycles. The average Bonchev–Trinajstić information content (AvgIpc) is 3.08. The quantitative estimate of drug-likeness (QED) is 0.937. The molecular weight excluding hydrogens is 302 g/mol. The standard InChI is InChI=1S/C16H18ClN3O2/c1-20(11-6-8-18-9-11)15(21)10-22-14-5-4-13(17)12-3-2-7-19-16(12)14/h2-5,7,11,18H,6,8-10H2,1H3. The first-order valence-electron chi connectivity index (χ1n) is 7.29. The molecule has 0 bridgehead atoms. The van der Waals surface area contributed by atoms with Gasteiger partial charge in [-0.1, -0.05) is 11.6 Å². The smallest absolute Gasteiger partial charge is 0.260 e. The molecule has 1 fully saturated rings. The van der Waals surface area contributed by atoms with E-state index < -0.39 is 0 Å². The van der Waals surface area contributed by atoms with Gasteiger partial charge in [-0.3, -0.25) is 9.78 Å². The summed E-state index contributed by atoms with van der Waals surface area (Å²) in [5.74, 6) is 0.541. The van der Waals surface area contributed by atoms with Crippen molar-refractivity contribution in [3.8, 4) is 5.75 Å². The van der Waals surface area contributed by atoms with Crippen molar-refractivity contribution in [2.75, 3.05) is 26.7 Å². The lowest BCUT2D eigenvalue weighted by atomic mass is 10.2. The fourth-order valence-electron chi connectivity index (χ4n) is 2.64. The van der Waals surface area contributed by atoms with Crippen LogP contribution in [0.2, 0.25) is 5.02 Å². The Morgan fingerprint density at radius 3 is 3.14 bits per heavy atom. The van der Waals surface area contributed by atoms with E-state index in [0.717, 1.165) is 24.9 Å². The molecule has 5 nitrogen and oxygen atoms in total. The van der Waals surface area contributed by atoms with Crippen LogP contribution in [0.15, 0.2) is 30.5 Å². The number of hydrogen-bond acceptors (Lipinski definition) is 4. The van der Waals surface area contributed by atoms with Crippen LogP contribution in [0, 0.1) is 0 Å². The van der Waals surface area contributed by atoms with Crippen molar-refractivity contribution in [1.29, 1.82) is 0 Å². The molecule has 1 aliphatic rings. The van der Waals surface area contributed by atoms with Crippen LogP contribution in [0.4, 0.5) is 0 Å². The number of rotatable bonds is 4. The molecule has 3 rings (SSSR count). The predicted molar refractivity (Wildman–Crippen MR) is 86.3 cm³/mol. The van der Waals surface area contributed by atoms with E-state index in [4.69, 9.17) is 16.3 Å². The molecule has 0 radical (unpaired) electrons. The van der Waals surface area contributed by atoms with E-state index in [1.165, 1.54) is 0 Å². The van der Waals surface area contributed by atoms with Crippen LogP contribution in [0.3, 0.4) is 0 Å². The molecule has 1 saturated heterocycles. The van der Waals surface area contributed by atoms with Crippen molar-refractivity contribution in [2.45, 2.75) is 12.5 Å². The Kier molecular flexibility index (Phi) is 4.45. The second kappa shape index (κ2) is 6.50. The summed E-state index contributed by atoms with van der Waals surface area (Å²) in [6.45, 7) is 1.79. The van der Waals surface area contributed by atoms with Crippen molar-refractivity contribution in [3.05, 3.63) is 35.5 Å². The number of likely N-dealkylation sites (N-methyl/N-ethyl adjacent to an activating group) is 1. The molecule has 22 heavy (non-hydrogen) atoms. The van der Waals surface area contributed by atoms with E-state index >= 15 is 0 Å². The molecule has 1 aromatic heterocycles. The van der Waals surface area contributed by atoms with Gasteiger partial charge in [0.2, 0.25) is 0 Å². The third-order valence-electron chi connectivity index (χ3n) is 4.01. The van der Waals surface area contributed by atoms with Crippen LogP contribution in [0.5, 0.6) is 5.75 Å². The largest absolute Gasteiger partial charge is 0.481 e. The highest BCUT2D eigenvalue weighted by molar-refractivity contribution is 6.35. The monoisotopic (exact) mass is 319 g/mol. The third-order valence-corrected chi connectivity index (χ3v) is 4.34. The summed E-state index contributed by atoms with van der Waals surface area (Å²) in [4.78, 5) is 18.3. The summed E-state index contributed by atoms with van der Waals surface area (Å²) < 4.78 is 5.68. The topological polar surface area (TPSA) is 54.5 Å². The van der Waals surface area contributed by atoms with Crippen LogP contribution in [-0.2, 0) is 4.79 Å². The average molecular weight is 320 g/mol. The number of halogens is 1. The number of nitrogens with zero attached hydrogens (tertiary/aromatic N) is 2. The van der Waals surface area contributed by atoms with Crippen LogP contribution in [-0.4, -0.2) is 48.6 Å². The highest BCUT2D eigenvalue weighted by atomic mass is 35.5. The van der Waals surface area contributed by atoms with Gasteiger partial charge in [0.05, 0.1) is 5.02 Å². The maximum atomic E-state index is 12.2. The van der Waals surface area contributed by atoms with Gasteiger partial charge >= 0.3 is 0 Å². The van der Waals surface area contributed by atoms with Gasteiger partial charge in [0, 0.05) is 31.2 Å². The van der Waals surface area contributed by atoms with Crippen LogP contribution in [0.25, 0.3) is 10.9 Å². The van der Waals surface area contributed by atoms with Crippen molar-refractivity contribution < 1.29 is 9.53 Å². The Morgan fingerprint density at radius 2 is 2.36 bits per heavy atom. The summed E-state index contributed by atoms with van der Waals surface area (Å²) in [7, 11) is 1.82. The fraction of sp³-hybridized carbons (Fsp3) is 0.375. The SMILES string of the molecule is CN(C(=O)COc1ccc(Cl)c2cccnc12)C1CCNC1. The van der Waals surface area contributed by atoms with Gasteiger partial charge in [0.25, 0.3) is 5.91 Å². The van der Waals surface area contributed by atoms with Gasteiger partial charge in [0.1, 0.15) is 11.3 Å². The van der Waals surface area contributed by atoms with Gasteiger partial charge in [-0.05, 0) is 37.2 Å². The molecule has 2 heterocycles. The van der Waals surface area contributed by atoms with Crippen molar-refractivity contribution >= 4 is 28.4 Å². The minimum absolute atomic E-state index is 0.000304. The number of carbonyl (C=O) groups is 1. The van der Waals surface area contributed by atoms with Crippen LogP contribution < -0.4 is 10.1 Å². The summed E-state index contributed by atoms with van der Waals surface area (Å²) >= 11 is 6.15. The number of hydrogen-bond donors (Lipinski definition) is 1. The van der Waals surface area contributed by atoms with E-state index in [9.17, 15) is 4.79 Å². The van der Waals surface area contributed by atoms with Crippen molar-refractivity contribution in [2.24, 2.45) is 0 Å². The first-order chi connectivity index (χ1) is 10.7. The molecule has 0 saturated carbocycles. The number of pyridine rings is 1. The first kappa shape index (κ1) is 15.1. The lowest BCUT2D eigenvalue weighted by Crippen LogP contribution is -2.40.